The van der Waals surface area contributed by atoms with Crippen molar-refractivity contribution in [2.45, 2.75) is 45.4 Å². The third-order valence-corrected chi connectivity index (χ3v) is 5.25. The van der Waals surface area contributed by atoms with Gasteiger partial charge in [0.25, 0.3) is 0 Å². The molecule has 0 unspecified atom stereocenters. The van der Waals surface area contributed by atoms with E-state index in [-0.39, 0.29) is 11.3 Å². The fourth-order valence-electron chi connectivity index (χ4n) is 3.40. The number of nitrogens with two attached hydrogens (primary N) is 1. The first kappa shape index (κ1) is 16.0. The van der Waals surface area contributed by atoms with Gasteiger partial charge in [0.2, 0.25) is 5.91 Å². The van der Waals surface area contributed by atoms with Crippen LogP contribution in [0.3, 0.4) is 0 Å². The van der Waals surface area contributed by atoms with Crippen LogP contribution in [-0.2, 0) is 4.79 Å². The Bertz CT molecular complexity index is 437. The molecule has 0 aromatic heterocycles. The number of hydrogen-bond donors (Lipinski definition) is 1. The largest absolute Gasteiger partial charge is 0.342 e. The summed E-state index contributed by atoms with van der Waals surface area (Å²) in [6.45, 7) is 6.33. The summed E-state index contributed by atoms with van der Waals surface area (Å²) in [5.74, 6) is 0.854. The van der Waals surface area contributed by atoms with Crippen LogP contribution in [0.5, 0.6) is 0 Å². The number of piperidine rings is 1. The van der Waals surface area contributed by atoms with Gasteiger partial charge in [-0.15, -0.1) is 0 Å². The lowest BCUT2D eigenvalue weighted by molar-refractivity contribution is -0.143. The van der Waals surface area contributed by atoms with Crippen molar-refractivity contribution in [3.05, 3.63) is 35.9 Å². The van der Waals surface area contributed by atoms with Crippen LogP contribution in [0.25, 0.3) is 0 Å². The number of benzene rings is 1. The first-order valence-electron chi connectivity index (χ1n) is 8.21. The Balaban J connectivity index is 1.99. The molecule has 1 aromatic carbocycles. The van der Waals surface area contributed by atoms with Crippen LogP contribution in [0.15, 0.2) is 30.3 Å². The molecule has 0 radical (unpaired) electrons. The van der Waals surface area contributed by atoms with Crippen LogP contribution < -0.4 is 5.73 Å². The number of hydrogen-bond acceptors (Lipinski definition) is 2. The Labute approximate surface area is 128 Å². The van der Waals surface area contributed by atoms with E-state index in [1.807, 2.05) is 4.90 Å². The molecule has 2 N–H and O–H groups in total. The van der Waals surface area contributed by atoms with Crippen molar-refractivity contribution in [3.8, 4) is 0 Å². The van der Waals surface area contributed by atoms with Gasteiger partial charge in [-0.1, -0.05) is 44.2 Å². The van der Waals surface area contributed by atoms with Gasteiger partial charge < -0.3 is 10.6 Å². The number of nitrogens with zero attached hydrogens (tertiary/aromatic N) is 1. The molecule has 0 aliphatic carbocycles. The maximum atomic E-state index is 12.8. The van der Waals surface area contributed by atoms with Gasteiger partial charge in [-0.05, 0) is 37.2 Å². The highest BCUT2D eigenvalue weighted by Crippen LogP contribution is 2.32. The molecule has 1 fully saturated rings. The summed E-state index contributed by atoms with van der Waals surface area (Å²) in [5, 5.41) is 0. The van der Waals surface area contributed by atoms with E-state index >= 15 is 0 Å². The van der Waals surface area contributed by atoms with Crippen LogP contribution in [0.1, 0.15) is 51.0 Å². The van der Waals surface area contributed by atoms with Gasteiger partial charge >= 0.3 is 0 Å². The second-order valence-corrected chi connectivity index (χ2v) is 6.17. The smallest absolute Gasteiger partial charge is 0.230 e. The molecule has 116 valence electrons. The summed E-state index contributed by atoms with van der Waals surface area (Å²) in [5.41, 5.74) is 6.96. The van der Waals surface area contributed by atoms with E-state index in [2.05, 4.69) is 44.2 Å². The number of likely N-dealkylation sites (tertiary alicyclic amines) is 1. The average molecular weight is 288 g/mol. The van der Waals surface area contributed by atoms with Crippen LogP contribution >= 0.6 is 0 Å². The fourth-order valence-corrected chi connectivity index (χ4v) is 3.40. The van der Waals surface area contributed by atoms with E-state index in [1.54, 1.807) is 0 Å². The third kappa shape index (κ3) is 3.29. The minimum Gasteiger partial charge on any atom is -0.342 e. The Morgan fingerprint density at radius 1 is 1.19 bits per heavy atom. The quantitative estimate of drug-likeness (QED) is 0.904. The monoisotopic (exact) mass is 288 g/mol. The molecule has 1 aromatic rings. The molecule has 1 saturated heterocycles. The lowest BCUT2D eigenvalue weighted by Crippen LogP contribution is -2.49. The predicted molar refractivity (Wildman–Crippen MR) is 87.1 cm³/mol. The third-order valence-electron chi connectivity index (χ3n) is 5.25. The Morgan fingerprint density at radius 3 is 2.24 bits per heavy atom. The van der Waals surface area contributed by atoms with Crippen LogP contribution in [0.2, 0.25) is 0 Å². The minimum atomic E-state index is -0.348. The first-order valence-corrected chi connectivity index (χ1v) is 8.21. The van der Waals surface area contributed by atoms with Gasteiger partial charge in [0.15, 0.2) is 0 Å². The van der Waals surface area contributed by atoms with Crippen LogP contribution in [-0.4, -0.2) is 30.4 Å². The van der Waals surface area contributed by atoms with E-state index < -0.39 is 0 Å². The molecule has 1 aliphatic heterocycles. The number of rotatable bonds is 5. The molecular formula is C18H28N2O. The molecule has 3 nitrogen and oxygen atoms in total. The zero-order chi connectivity index (χ0) is 15.3. The number of carbonyl (C=O) groups excluding carboxylic acids is 1. The average Bonchev–Trinajstić information content (AvgIpc) is 2.58. The van der Waals surface area contributed by atoms with E-state index in [1.165, 1.54) is 5.56 Å². The van der Waals surface area contributed by atoms with Gasteiger partial charge in [-0.25, -0.2) is 0 Å². The summed E-state index contributed by atoms with van der Waals surface area (Å²) in [4.78, 5) is 14.8. The second kappa shape index (κ2) is 7.08. The van der Waals surface area contributed by atoms with Crippen molar-refractivity contribution in [1.29, 1.82) is 0 Å². The molecule has 3 heteroatoms. The van der Waals surface area contributed by atoms with Gasteiger partial charge in [0, 0.05) is 19.6 Å². The first-order chi connectivity index (χ1) is 10.2. The van der Waals surface area contributed by atoms with Crippen LogP contribution in [0, 0.1) is 5.41 Å². The van der Waals surface area contributed by atoms with E-state index in [9.17, 15) is 4.79 Å². The molecule has 21 heavy (non-hydrogen) atoms. The molecule has 0 saturated carbocycles. The minimum absolute atomic E-state index is 0.265. The van der Waals surface area contributed by atoms with Gasteiger partial charge in [-0.3, -0.25) is 4.79 Å². The summed E-state index contributed by atoms with van der Waals surface area (Å²) < 4.78 is 0. The Kier molecular flexibility index (Phi) is 5.40. The molecule has 0 atom stereocenters. The maximum Gasteiger partial charge on any atom is 0.230 e. The topological polar surface area (TPSA) is 46.3 Å². The summed E-state index contributed by atoms with van der Waals surface area (Å²) in [6, 6.07) is 10.6. The Hall–Kier alpha value is -1.35. The van der Waals surface area contributed by atoms with Crippen molar-refractivity contribution in [2.75, 3.05) is 19.6 Å². The summed E-state index contributed by atoms with van der Waals surface area (Å²) >= 11 is 0. The molecule has 0 bridgehead atoms. The van der Waals surface area contributed by atoms with Gasteiger partial charge in [0.05, 0.1) is 5.41 Å². The summed E-state index contributed by atoms with van der Waals surface area (Å²) in [7, 11) is 0. The zero-order valence-corrected chi connectivity index (χ0v) is 13.3. The lowest BCUT2D eigenvalue weighted by atomic mass is 9.80. The number of carbonyl (C=O) groups is 1. The molecule has 0 spiro atoms. The van der Waals surface area contributed by atoms with Crippen molar-refractivity contribution < 1.29 is 4.79 Å². The van der Waals surface area contributed by atoms with Crippen molar-refractivity contribution in [2.24, 2.45) is 11.1 Å². The van der Waals surface area contributed by atoms with Crippen molar-refractivity contribution >= 4 is 5.91 Å². The molecule has 1 amide bonds. The second-order valence-electron chi connectivity index (χ2n) is 6.17. The highest BCUT2D eigenvalue weighted by atomic mass is 16.2. The molecule has 1 heterocycles. The van der Waals surface area contributed by atoms with Crippen LogP contribution in [0.4, 0.5) is 0 Å². The predicted octanol–water partition coefficient (Wildman–Crippen LogP) is 3.16. The zero-order valence-electron chi connectivity index (χ0n) is 13.3. The van der Waals surface area contributed by atoms with E-state index in [0.717, 1.165) is 38.8 Å². The Morgan fingerprint density at radius 2 is 1.76 bits per heavy atom. The van der Waals surface area contributed by atoms with Crippen molar-refractivity contribution in [3.63, 3.8) is 0 Å². The maximum absolute atomic E-state index is 12.8. The fraction of sp³-hybridized carbons (Fsp3) is 0.611. The molecule has 2 rings (SSSR count). The van der Waals surface area contributed by atoms with E-state index in [4.69, 9.17) is 5.73 Å². The van der Waals surface area contributed by atoms with Gasteiger partial charge in [-0.2, -0.15) is 0 Å². The van der Waals surface area contributed by atoms with Crippen molar-refractivity contribution in [1.82, 2.24) is 4.90 Å². The molecular weight excluding hydrogens is 260 g/mol. The highest BCUT2D eigenvalue weighted by Gasteiger charge is 2.38. The lowest BCUT2D eigenvalue weighted by Gasteiger charge is -2.39. The summed E-state index contributed by atoms with van der Waals surface area (Å²) in [6.07, 6.45) is 3.78. The highest BCUT2D eigenvalue weighted by molar-refractivity contribution is 5.83. The molecule has 1 aliphatic rings. The normalized spacial score (nSPS) is 17.0. The standard InChI is InChI=1S/C18H28N2O/c1-3-18(4-2,14-19)17(21)20-12-10-16(11-13-20)15-8-6-5-7-9-15/h5-9,16H,3-4,10-14,19H2,1-2H3. The van der Waals surface area contributed by atoms with Gasteiger partial charge in [0.1, 0.15) is 0 Å². The SMILES string of the molecule is CCC(CC)(CN)C(=O)N1CCC(c2ccccc2)CC1. The number of amides is 1. The van der Waals surface area contributed by atoms with E-state index in [0.29, 0.717) is 12.5 Å².